The topological polar surface area (TPSA) is 35.8 Å². The molecule has 14 heavy (non-hydrogen) atoms. The van der Waals surface area contributed by atoms with E-state index in [1.807, 2.05) is 18.2 Å². The molecule has 0 spiro atoms. The van der Waals surface area contributed by atoms with Crippen molar-refractivity contribution in [2.75, 3.05) is 5.32 Å². The number of nitrogens with zero attached hydrogens (tertiary/aromatic N) is 1. The van der Waals surface area contributed by atoms with E-state index in [2.05, 4.69) is 34.2 Å². The van der Waals surface area contributed by atoms with Gasteiger partial charge in [0.2, 0.25) is 0 Å². The fourth-order valence-corrected chi connectivity index (χ4v) is 1.72. The Morgan fingerprint density at radius 1 is 1.50 bits per heavy atom. The van der Waals surface area contributed by atoms with E-state index in [1.165, 1.54) is 12.8 Å². The summed E-state index contributed by atoms with van der Waals surface area (Å²) >= 11 is 3.40. The Bertz CT molecular complexity index is 402. The van der Waals surface area contributed by atoms with E-state index in [0.29, 0.717) is 5.56 Å². The predicted molar refractivity (Wildman–Crippen MR) is 60.1 cm³/mol. The molecular formula is C11H11BrN2. The van der Waals surface area contributed by atoms with E-state index in [1.54, 1.807) is 0 Å². The molecule has 2 nitrogen and oxygen atoms in total. The van der Waals surface area contributed by atoms with E-state index in [4.69, 9.17) is 5.26 Å². The standard InChI is InChI=1S/C11H11BrN2/c1-11(4-5-11)14-10-6-9(12)3-2-8(10)7-13/h2-3,6,14H,4-5H2,1H3. The predicted octanol–water partition coefficient (Wildman–Crippen LogP) is 3.29. The summed E-state index contributed by atoms with van der Waals surface area (Å²) in [5.74, 6) is 0. The maximum absolute atomic E-state index is 8.92. The molecule has 1 aliphatic rings. The van der Waals surface area contributed by atoms with Crippen LogP contribution in [0.15, 0.2) is 22.7 Å². The Balaban J connectivity index is 2.31. The molecule has 1 aliphatic carbocycles. The Hall–Kier alpha value is -1.01. The zero-order chi connectivity index (χ0) is 10.2. The number of benzene rings is 1. The van der Waals surface area contributed by atoms with E-state index in [0.717, 1.165) is 10.2 Å². The Kier molecular flexibility index (Phi) is 2.24. The lowest BCUT2D eigenvalue weighted by molar-refractivity contribution is 0.828. The molecule has 0 aromatic heterocycles. The second-order valence-electron chi connectivity index (χ2n) is 3.99. The van der Waals surface area contributed by atoms with Gasteiger partial charge in [-0.05, 0) is 38.0 Å². The first-order valence-electron chi connectivity index (χ1n) is 4.61. The third-order valence-electron chi connectivity index (χ3n) is 2.54. The van der Waals surface area contributed by atoms with Crippen molar-refractivity contribution in [2.45, 2.75) is 25.3 Å². The molecule has 0 atom stereocenters. The highest BCUT2D eigenvalue weighted by molar-refractivity contribution is 9.10. The van der Waals surface area contributed by atoms with Crippen LogP contribution in [0.4, 0.5) is 5.69 Å². The Morgan fingerprint density at radius 2 is 2.21 bits per heavy atom. The van der Waals surface area contributed by atoms with Crippen molar-refractivity contribution in [1.29, 1.82) is 5.26 Å². The molecule has 1 aromatic rings. The minimum absolute atomic E-state index is 0.215. The van der Waals surface area contributed by atoms with Crippen LogP contribution in [0.3, 0.4) is 0 Å². The fourth-order valence-electron chi connectivity index (χ4n) is 1.36. The van der Waals surface area contributed by atoms with Gasteiger partial charge in [-0.15, -0.1) is 0 Å². The molecule has 0 unspecified atom stereocenters. The highest BCUT2D eigenvalue weighted by atomic mass is 79.9. The van der Waals surface area contributed by atoms with E-state index < -0.39 is 0 Å². The zero-order valence-electron chi connectivity index (χ0n) is 7.97. The molecule has 0 bridgehead atoms. The third kappa shape index (κ3) is 1.91. The molecule has 72 valence electrons. The van der Waals surface area contributed by atoms with E-state index >= 15 is 0 Å². The summed E-state index contributed by atoms with van der Waals surface area (Å²) in [6, 6.07) is 7.87. The van der Waals surface area contributed by atoms with Crippen molar-refractivity contribution in [3.63, 3.8) is 0 Å². The molecule has 0 aliphatic heterocycles. The van der Waals surface area contributed by atoms with Crippen LogP contribution in [0.5, 0.6) is 0 Å². The summed E-state index contributed by atoms with van der Waals surface area (Å²) < 4.78 is 1.00. The molecule has 0 saturated heterocycles. The van der Waals surface area contributed by atoms with Crippen molar-refractivity contribution in [1.82, 2.24) is 0 Å². The van der Waals surface area contributed by atoms with Crippen LogP contribution in [0.25, 0.3) is 0 Å². The van der Waals surface area contributed by atoms with Crippen molar-refractivity contribution in [3.05, 3.63) is 28.2 Å². The molecule has 1 N–H and O–H groups in total. The fraction of sp³-hybridized carbons (Fsp3) is 0.364. The summed E-state index contributed by atoms with van der Waals surface area (Å²) in [4.78, 5) is 0. The largest absolute Gasteiger partial charge is 0.379 e. The van der Waals surface area contributed by atoms with Gasteiger partial charge in [0.15, 0.2) is 0 Å². The van der Waals surface area contributed by atoms with Crippen LogP contribution in [-0.4, -0.2) is 5.54 Å². The molecule has 0 amide bonds. The number of anilines is 1. The van der Waals surface area contributed by atoms with Gasteiger partial charge in [-0.3, -0.25) is 0 Å². The summed E-state index contributed by atoms with van der Waals surface area (Å²) in [5.41, 5.74) is 1.86. The first kappa shape index (κ1) is 9.54. The van der Waals surface area contributed by atoms with Crippen molar-refractivity contribution < 1.29 is 0 Å². The average molecular weight is 251 g/mol. The van der Waals surface area contributed by atoms with Crippen LogP contribution in [0, 0.1) is 11.3 Å². The smallest absolute Gasteiger partial charge is 0.101 e. The number of nitriles is 1. The van der Waals surface area contributed by atoms with Crippen LogP contribution >= 0.6 is 15.9 Å². The highest BCUT2D eigenvalue weighted by Gasteiger charge is 2.37. The zero-order valence-corrected chi connectivity index (χ0v) is 9.56. The molecule has 0 radical (unpaired) electrons. The molecule has 1 aromatic carbocycles. The SMILES string of the molecule is CC1(Nc2cc(Br)ccc2C#N)CC1. The van der Waals surface area contributed by atoms with Gasteiger partial charge in [0.05, 0.1) is 11.3 Å². The molecule has 1 fully saturated rings. The minimum Gasteiger partial charge on any atom is -0.379 e. The lowest BCUT2D eigenvalue weighted by Crippen LogP contribution is -2.16. The van der Waals surface area contributed by atoms with Gasteiger partial charge in [-0.1, -0.05) is 15.9 Å². The Labute approximate surface area is 92.1 Å². The number of hydrogen-bond acceptors (Lipinski definition) is 2. The first-order valence-corrected chi connectivity index (χ1v) is 5.40. The summed E-state index contributed by atoms with van der Waals surface area (Å²) in [6.07, 6.45) is 2.37. The van der Waals surface area contributed by atoms with E-state index in [-0.39, 0.29) is 5.54 Å². The summed E-state index contributed by atoms with van der Waals surface area (Å²) in [7, 11) is 0. The lowest BCUT2D eigenvalue weighted by Gasteiger charge is -2.14. The summed E-state index contributed by atoms with van der Waals surface area (Å²) in [5, 5.41) is 12.3. The lowest BCUT2D eigenvalue weighted by atomic mass is 10.1. The molecule has 2 rings (SSSR count). The molecule has 0 heterocycles. The molecular weight excluding hydrogens is 240 g/mol. The number of halogens is 1. The maximum atomic E-state index is 8.92. The average Bonchev–Trinajstić information content (AvgIpc) is 2.84. The van der Waals surface area contributed by atoms with Crippen LogP contribution in [0.2, 0.25) is 0 Å². The Morgan fingerprint density at radius 3 is 2.79 bits per heavy atom. The molecule has 3 heteroatoms. The highest BCUT2D eigenvalue weighted by Crippen LogP contribution is 2.39. The normalized spacial score (nSPS) is 17.2. The number of hydrogen-bond donors (Lipinski definition) is 1. The van der Waals surface area contributed by atoms with Gasteiger partial charge in [-0.2, -0.15) is 5.26 Å². The second-order valence-corrected chi connectivity index (χ2v) is 4.90. The van der Waals surface area contributed by atoms with E-state index in [9.17, 15) is 0 Å². The third-order valence-corrected chi connectivity index (χ3v) is 3.03. The van der Waals surface area contributed by atoms with Crippen molar-refractivity contribution in [3.8, 4) is 6.07 Å². The minimum atomic E-state index is 0.215. The van der Waals surface area contributed by atoms with Gasteiger partial charge in [0, 0.05) is 10.0 Å². The summed E-state index contributed by atoms with van der Waals surface area (Å²) in [6.45, 7) is 2.18. The monoisotopic (exact) mass is 250 g/mol. The van der Waals surface area contributed by atoms with Crippen molar-refractivity contribution in [2.24, 2.45) is 0 Å². The maximum Gasteiger partial charge on any atom is 0.101 e. The first-order chi connectivity index (χ1) is 6.63. The van der Waals surface area contributed by atoms with Gasteiger partial charge in [0.25, 0.3) is 0 Å². The van der Waals surface area contributed by atoms with Crippen LogP contribution in [0.1, 0.15) is 25.3 Å². The van der Waals surface area contributed by atoms with Gasteiger partial charge >= 0.3 is 0 Å². The second kappa shape index (κ2) is 3.29. The van der Waals surface area contributed by atoms with Gasteiger partial charge in [0.1, 0.15) is 6.07 Å². The number of nitrogens with one attached hydrogen (secondary N) is 1. The van der Waals surface area contributed by atoms with Crippen LogP contribution < -0.4 is 5.32 Å². The van der Waals surface area contributed by atoms with Crippen LogP contribution in [-0.2, 0) is 0 Å². The van der Waals surface area contributed by atoms with Gasteiger partial charge in [-0.25, -0.2) is 0 Å². The van der Waals surface area contributed by atoms with Gasteiger partial charge < -0.3 is 5.32 Å². The molecule has 1 saturated carbocycles. The quantitative estimate of drug-likeness (QED) is 0.875. The number of rotatable bonds is 2. The van der Waals surface area contributed by atoms with Crippen molar-refractivity contribution >= 4 is 21.6 Å².